The van der Waals surface area contributed by atoms with Crippen LogP contribution in [0, 0.1) is 0 Å². The minimum absolute atomic E-state index is 0.143. The first-order valence-corrected chi connectivity index (χ1v) is 9.73. The fraction of sp³-hybridized carbons (Fsp3) is 0.250. The molecule has 0 radical (unpaired) electrons. The SMILES string of the molecule is CCS(=O)(=O)c1cc(C(F)(F)F)cnc1-c1cn(-c2cncc(C(F)(F)F)c2)nn1. The van der Waals surface area contributed by atoms with E-state index in [1.54, 1.807) is 0 Å². The van der Waals surface area contributed by atoms with Crippen molar-refractivity contribution in [1.29, 1.82) is 0 Å². The highest BCUT2D eigenvalue weighted by atomic mass is 32.2. The standard InChI is InChI=1S/C16H11F6N5O2S/c1-2-30(28,29)13-4-10(16(20,21)22)6-24-14(13)12-8-27(26-25-12)11-3-9(5-23-7-11)15(17,18)19/h3-8H,2H2,1H3. The molecule has 7 nitrogen and oxygen atoms in total. The lowest BCUT2D eigenvalue weighted by molar-refractivity contribution is -0.138. The number of aromatic nitrogens is 5. The van der Waals surface area contributed by atoms with Gasteiger partial charge >= 0.3 is 12.4 Å². The molecule has 160 valence electrons. The smallest absolute Gasteiger partial charge is 0.262 e. The van der Waals surface area contributed by atoms with Gasteiger partial charge in [0.2, 0.25) is 0 Å². The summed E-state index contributed by atoms with van der Waals surface area (Å²) in [5, 5.41) is 7.26. The molecule has 0 aliphatic carbocycles. The third-order valence-electron chi connectivity index (χ3n) is 3.95. The van der Waals surface area contributed by atoms with E-state index >= 15 is 0 Å². The van der Waals surface area contributed by atoms with E-state index in [2.05, 4.69) is 20.3 Å². The normalized spacial score (nSPS) is 12.9. The molecule has 3 aromatic rings. The van der Waals surface area contributed by atoms with Crippen LogP contribution in [0.5, 0.6) is 0 Å². The van der Waals surface area contributed by atoms with Gasteiger partial charge in [-0.05, 0) is 12.1 Å². The first-order chi connectivity index (χ1) is 13.8. The summed E-state index contributed by atoms with van der Waals surface area (Å²) in [4.78, 5) is 6.34. The molecule has 0 amide bonds. The van der Waals surface area contributed by atoms with E-state index < -0.39 is 49.7 Å². The second-order valence-corrected chi connectivity index (χ2v) is 8.20. The number of alkyl halides is 6. The fourth-order valence-electron chi connectivity index (χ4n) is 2.39. The van der Waals surface area contributed by atoms with Crippen LogP contribution in [0.25, 0.3) is 17.1 Å². The van der Waals surface area contributed by atoms with E-state index in [1.807, 2.05) is 0 Å². The summed E-state index contributed by atoms with van der Waals surface area (Å²) in [5.41, 5.74) is -3.12. The summed E-state index contributed by atoms with van der Waals surface area (Å²) < 4.78 is 103. The summed E-state index contributed by atoms with van der Waals surface area (Å²) in [5.74, 6) is -0.505. The van der Waals surface area contributed by atoms with Crippen LogP contribution in [0.1, 0.15) is 18.1 Å². The minimum atomic E-state index is -4.83. The van der Waals surface area contributed by atoms with Crippen molar-refractivity contribution in [3.05, 3.63) is 48.0 Å². The van der Waals surface area contributed by atoms with Gasteiger partial charge in [0.15, 0.2) is 9.84 Å². The Kier molecular flexibility index (Phi) is 5.30. The first kappa shape index (κ1) is 21.7. The van der Waals surface area contributed by atoms with Crippen LogP contribution < -0.4 is 0 Å². The number of halogens is 6. The highest BCUT2D eigenvalue weighted by Crippen LogP contribution is 2.34. The van der Waals surface area contributed by atoms with Crippen molar-refractivity contribution >= 4 is 9.84 Å². The van der Waals surface area contributed by atoms with Gasteiger partial charge in [-0.15, -0.1) is 5.10 Å². The maximum atomic E-state index is 13.0. The van der Waals surface area contributed by atoms with Crippen LogP contribution in [0.15, 0.2) is 41.8 Å². The zero-order chi connectivity index (χ0) is 22.3. The largest absolute Gasteiger partial charge is 0.417 e. The van der Waals surface area contributed by atoms with E-state index in [4.69, 9.17) is 0 Å². The molecule has 0 N–H and O–H groups in total. The van der Waals surface area contributed by atoms with E-state index in [0.717, 1.165) is 23.1 Å². The summed E-state index contributed by atoms with van der Waals surface area (Å²) in [6.45, 7) is 1.24. The number of sulfone groups is 1. The third-order valence-corrected chi connectivity index (χ3v) is 5.69. The van der Waals surface area contributed by atoms with Gasteiger partial charge in [-0.3, -0.25) is 9.97 Å². The predicted octanol–water partition coefficient (Wildman–Crippen LogP) is 3.56. The molecule has 3 rings (SSSR count). The van der Waals surface area contributed by atoms with Gasteiger partial charge in [0.25, 0.3) is 0 Å². The van der Waals surface area contributed by atoms with Crippen molar-refractivity contribution in [1.82, 2.24) is 25.0 Å². The Hall–Kier alpha value is -3.03. The van der Waals surface area contributed by atoms with E-state index in [-0.39, 0.29) is 11.4 Å². The minimum Gasteiger partial charge on any atom is -0.262 e. The average molecular weight is 451 g/mol. The van der Waals surface area contributed by atoms with Gasteiger partial charge in [0.05, 0.1) is 39.9 Å². The van der Waals surface area contributed by atoms with Crippen molar-refractivity contribution in [3.63, 3.8) is 0 Å². The van der Waals surface area contributed by atoms with Crippen molar-refractivity contribution in [2.45, 2.75) is 24.2 Å². The molecule has 0 aliphatic rings. The van der Waals surface area contributed by atoms with Crippen molar-refractivity contribution in [2.24, 2.45) is 0 Å². The number of hydrogen-bond donors (Lipinski definition) is 0. The molecule has 14 heteroatoms. The van der Waals surface area contributed by atoms with Gasteiger partial charge < -0.3 is 0 Å². The molecular formula is C16H11F6N5O2S. The quantitative estimate of drug-likeness (QED) is 0.564. The lowest BCUT2D eigenvalue weighted by Crippen LogP contribution is -2.12. The molecular weight excluding hydrogens is 440 g/mol. The Morgan fingerprint density at radius 3 is 2.20 bits per heavy atom. The second kappa shape index (κ2) is 7.34. The van der Waals surface area contributed by atoms with Crippen molar-refractivity contribution in [2.75, 3.05) is 5.75 Å². The fourth-order valence-corrected chi connectivity index (χ4v) is 3.46. The number of nitrogens with zero attached hydrogens (tertiary/aromatic N) is 5. The predicted molar refractivity (Wildman–Crippen MR) is 90.1 cm³/mol. The Morgan fingerprint density at radius 2 is 1.60 bits per heavy atom. The molecule has 0 fully saturated rings. The van der Waals surface area contributed by atoms with Crippen LogP contribution in [0.2, 0.25) is 0 Å². The summed E-state index contributed by atoms with van der Waals surface area (Å²) in [7, 11) is -4.14. The molecule has 0 bridgehead atoms. The van der Waals surface area contributed by atoms with Crippen LogP contribution in [-0.2, 0) is 22.2 Å². The maximum absolute atomic E-state index is 13.0. The lowest BCUT2D eigenvalue weighted by Gasteiger charge is -2.11. The highest BCUT2D eigenvalue weighted by Gasteiger charge is 2.34. The molecule has 0 aromatic carbocycles. The topological polar surface area (TPSA) is 90.6 Å². The second-order valence-electron chi connectivity index (χ2n) is 5.95. The molecule has 3 aromatic heterocycles. The Balaban J connectivity index is 2.12. The molecule has 0 spiro atoms. The third kappa shape index (κ3) is 4.27. The molecule has 30 heavy (non-hydrogen) atoms. The molecule has 0 aliphatic heterocycles. The number of rotatable bonds is 4. The van der Waals surface area contributed by atoms with Gasteiger partial charge in [-0.2, -0.15) is 26.3 Å². The lowest BCUT2D eigenvalue weighted by atomic mass is 10.2. The highest BCUT2D eigenvalue weighted by molar-refractivity contribution is 7.91. The van der Waals surface area contributed by atoms with Gasteiger partial charge in [0, 0.05) is 12.4 Å². The Morgan fingerprint density at radius 1 is 0.967 bits per heavy atom. The van der Waals surface area contributed by atoms with Crippen LogP contribution >= 0.6 is 0 Å². The van der Waals surface area contributed by atoms with Gasteiger partial charge in [-0.25, -0.2) is 13.1 Å². The molecule has 0 saturated carbocycles. The molecule has 3 heterocycles. The van der Waals surface area contributed by atoms with E-state index in [0.29, 0.717) is 18.5 Å². The van der Waals surface area contributed by atoms with Crippen molar-refractivity contribution in [3.8, 4) is 17.1 Å². The molecule has 0 atom stereocenters. The van der Waals surface area contributed by atoms with E-state index in [9.17, 15) is 34.8 Å². The molecule has 0 unspecified atom stereocenters. The van der Waals surface area contributed by atoms with E-state index in [1.165, 1.54) is 6.92 Å². The van der Waals surface area contributed by atoms with Crippen LogP contribution in [0.3, 0.4) is 0 Å². The maximum Gasteiger partial charge on any atom is 0.417 e. The summed E-state index contributed by atoms with van der Waals surface area (Å²) in [6.07, 6.45) is -6.35. The average Bonchev–Trinajstić information content (AvgIpc) is 3.16. The summed E-state index contributed by atoms with van der Waals surface area (Å²) >= 11 is 0. The number of pyridine rings is 2. The van der Waals surface area contributed by atoms with Crippen LogP contribution in [0.4, 0.5) is 26.3 Å². The van der Waals surface area contributed by atoms with Gasteiger partial charge in [0.1, 0.15) is 11.4 Å². The Labute approximate surface area is 165 Å². The monoisotopic (exact) mass is 451 g/mol. The zero-order valence-corrected chi connectivity index (χ0v) is 15.7. The summed E-state index contributed by atoms with van der Waals surface area (Å²) in [6, 6.07) is 1.17. The molecule has 0 saturated heterocycles. The number of hydrogen-bond acceptors (Lipinski definition) is 6. The first-order valence-electron chi connectivity index (χ1n) is 8.08. The van der Waals surface area contributed by atoms with Crippen molar-refractivity contribution < 1.29 is 34.8 Å². The van der Waals surface area contributed by atoms with Gasteiger partial charge in [-0.1, -0.05) is 12.1 Å². The zero-order valence-electron chi connectivity index (χ0n) is 14.9. The Bertz CT molecular complexity index is 1190. The van der Waals surface area contributed by atoms with Crippen LogP contribution in [-0.4, -0.2) is 39.1 Å².